The Morgan fingerprint density at radius 1 is 0.800 bits per heavy atom. The maximum absolute atomic E-state index is 14.2. The van der Waals surface area contributed by atoms with Gasteiger partial charge in [-0.15, -0.1) is 0 Å². The zero-order chi connectivity index (χ0) is 23.9. The van der Waals surface area contributed by atoms with Gasteiger partial charge in [0, 0.05) is 35.0 Å². The first-order valence-corrected chi connectivity index (χ1v) is 10.8. The number of pyridine rings is 3. The molecule has 2 N–H and O–H groups in total. The van der Waals surface area contributed by atoms with Crippen molar-refractivity contribution in [1.82, 2.24) is 30.1 Å². The van der Waals surface area contributed by atoms with Gasteiger partial charge in [0.05, 0.1) is 49.0 Å². The number of methoxy groups -OCH3 is 2. The zero-order valence-corrected chi connectivity index (χ0v) is 18.8. The SMILES string of the molecule is COc1cncc(-c2ccc3[nH]nc(-c4cc5c(-c6cc(F)cc(OC)c6)cncc5[nH]4)c3n2)c1. The van der Waals surface area contributed by atoms with E-state index in [4.69, 9.17) is 14.5 Å². The molecule has 172 valence electrons. The Kier molecular flexibility index (Phi) is 4.88. The second-order valence-corrected chi connectivity index (χ2v) is 7.99. The van der Waals surface area contributed by atoms with Crippen LogP contribution in [0.25, 0.3) is 55.7 Å². The highest BCUT2D eigenvalue weighted by molar-refractivity contribution is 6.00. The molecule has 0 atom stereocenters. The molecule has 6 rings (SSSR count). The van der Waals surface area contributed by atoms with E-state index in [1.807, 2.05) is 24.3 Å². The van der Waals surface area contributed by atoms with E-state index in [1.54, 1.807) is 38.0 Å². The van der Waals surface area contributed by atoms with Crippen LogP contribution >= 0.6 is 0 Å². The molecule has 0 aliphatic heterocycles. The van der Waals surface area contributed by atoms with Crippen molar-refractivity contribution < 1.29 is 13.9 Å². The molecule has 0 bridgehead atoms. The van der Waals surface area contributed by atoms with Gasteiger partial charge in [-0.3, -0.25) is 15.1 Å². The molecule has 9 heteroatoms. The van der Waals surface area contributed by atoms with E-state index in [9.17, 15) is 4.39 Å². The lowest BCUT2D eigenvalue weighted by Gasteiger charge is -2.06. The summed E-state index contributed by atoms with van der Waals surface area (Å²) in [5.41, 5.74) is 6.75. The van der Waals surface area contributed by atoms with Crippen molar-refractivity contribution in [1.29, 1.82) is 0 Å². The Hall–Kier alpha value is -4.79. The molecule has 0 aliphatic carbocycles. The summed E-state index contributed by atoms with van der Waals surface area (Å²) in [6.07, 6.45) is 6.83. The largest absolute Gasteiger partial charge is 0.497 e. The van der Waals surface area contributed by atoms with Crippen molar-refractivity contribution in [2.45, 2.75) is 0 Å². The Morgan fingerprint density at radius 2 is 1.63 bits per heavy atom. The lowest BCUT2D eigenvalue weighted by molar-refractivity contribution is 0.411. The minimum atomic E-state index is -0.380. The van der Waals surface area contributed by atoms with E-state index in [0.717, 1.165) is 38.9 Å². The highest BCUT2D eigenvalue weighted by Gasteiger charge is 2.16. The lowest BCUT2D eigenvalue weighted by atomic mass is 10.0. The van der Waals surface area contributed by atoms with Crippen LogP contribution in [0.2, 0.25) is 0 Å². The van der Waals surface area contributed by atoms with Gasteiger partial charge in [-0.2, -0.15) is 5.10 Å². The van der Waals surface area contributed by atoms with Gasteiger partial charge in [-0.1, -0.05) is 0 Å². The Morgan fingerprint density at radius 3 is 2.49 bits per heavy atom. The number of rotatable bonds is 5. The maximum atomic E-state index is 14.2. The normalized spacial score (nSPS) is 11.3. The van der Waals surface area contributed by atoms with E-state index >= 15 is 0 Å². The molecule has 5 aromatic heterocycles. The second kappa shape index (κ2) is 8.21. The quantitative estimate of drug-likeness (QED) is 0.353. The number of nitrogens with one attached hydrogen (secondary N) is 2. The highest BCUT2D eigenvalue weighted by Crippen LogP contribution is 2.35. The molecule has 0 amide bonds. The minimum absolute atomic E-state index is 0.380. The molecule has 0 fully saturated rings. The van der Waals surface area contributed by atoms with Crippen molar-refractivity contribution in [2.75, 3.05) is 14.2 Å². The summed E-state index contributed by atoms with van der Waals surface area (Å²) in [6.45, 7) is 0. The highest BCUT2D eigenvalue weighted by atomic mass is 19.1. The van der Waals surface area contributed by atoms with Crippen LogP contribution in [0.15, 0.2) is 67.3 Å². The fourth-order valence-corrected chi connectivity index (χ4v) is 4.16. The predicted octanol–water partition coefficient (Wildman–Crippen LogP) is 5.39. The third-order valence-corrected chi connectivity index (χ3v) is 5.87. The molecular formula is C26H19FN6O2. The number of nitrogens with zero attached hydrogens (tertiary/aromatic N) is 4. The molecule has 0 saturated carbocycles. The van der Waals surface area contributed by atoms with Crippen molar-refractivity contribution in [3.05, 3.63) is 73.1 Å². The molecule has 0 spiro atoms. The van der Waals surface area contributed by atoms with Gasteiger partial charge in [0.15, 0.2) is 0 Å². The molecule has 5 heterocycles. The standard InChI is InChI=1S/C26H19FN6O2/c1-34-17-6-14(5-16(27)8-17)20-12-29-13-24-19(20)9-23(30-24)26-25-22(32-33-26)4-3-21(31-25)15-7-18(35-2)11-28-10-15/h3-13,30H,1-2H3,(H,32,33). The third-order valence-electron chi connectivity index (χ3n) is 5.87. The van der Waals surface area contributed by atoms with Gasteiger partial charge in [-0.25, -0.2) is 9.37 Å². The molecule has 0 radical (unpaired) electrons. The van der Waals surface area contributed by atoms with Crippen molar-refractivity contribution in [3.8, 4) is 45.3 Å². The summed E-state index contributed by atoms with van der Waals surface area (Å²) < 4.78 is 24.7. The Bertz CT molecular complexity index is 1710. The fraction of sp³-hybridized carbons (Fsp3) is 0.0769. The molecule has 35 heavy (non-hydrogen) atoms. The van der Waals surface area contributed by atoms with Crippen molar-refractivity contribution >= 4 is 21.9 Å². The average Bonchev–Trinajstić information content (AvgIpc) is 3.51. The summed E-state index contributed by atoms with van der Waals surface area (Å²) in [7, 11) is 3.11. The Labute approximate surface area is 198 Å². The summed E-state index contributed by atoms with van der Waals surface area (Å²) in [5, 5.41) is 8.44. The van der Waals surface area contributed by atoms with Crippen LogP contribution in [0.5, 0.6) is 11.5 Å². The smallest absolute Gasteiger partial charge is 0.137 e. The first kappa shape index (κ1) is 20.8. The summed E-state index contributed by atoms with van der Waals surface area (Å²) in [5.74, 6) is 0.713. The molecule has 0 saturated heterocycles. The summed E-state index contributed by atoms with van der Waals surface area (Å²) in [4.78, 5) is 16.8. The van der Waals surface area contributed by atoms with E-state index in [-0.39, 0.29) is 5.82 Å². The van der Waals surface area contributed by atoms with Gasteiger partial charge in [0.2, 0.25) is 0 Å². The number of fused-ring (bicyclic) bond motifs is 2. The first-order valence-electron chi connectivity index (χ1n) is 10.8. The number of aromatic nitrogens is 6. The van der Waals surface area contributed by atoms with E-state index in [2.05, 4.69) is 25.1 Å². The number of hydrogen-bond donors (Lipinski definition) is 2. The van der Waals surface area contributed by atoms with Crippen LogP contribution in [-0.4, -0.2) is 44.4 Å². The van der Waals surface area contributed by atoms with E-state index in [0.29, 0.717) is 28.3 Å². The average molecular weight is 466 g/mol. The van der Waals surface area contributed by atoms with Gasteiger partial charge in [0.1, 0.15) is 28.5 Å². The van der Waals surface area contributed by atoms with Crippen LogP contribution in [0.3, 0.4) is 0 Å². The predicted molar refractivity (Wildman–Crippen MR) is 131 cm³/mol. The van der Waals surface area contributed by atoms with Gasteiger partial charge >= 0.3 is 0 Å². The lowest BCUT2D eigenvalue weighted by Crippen LogP contribution is -1.89. The number of H-pyrrole nitrogens is 2. The van der Waals surface area contributed by atoms with Gasteiger partial charge in [-0.05, 0) is 42.0 Å². The third kappa shape index (κ3) is 3.63. The van der Waals surface area contributed by atoms with E-state index < -0.39 is 0 Å². The maximum Gasteiger partial charge on any atom is 0.137 e. The molecule has 0 aliphatic rings. The molecule has 1 aromatic carbocycles. The van der Waals surface area contributed by atoms with E-state index in [1.165, 1.54) is 19.2 Å². The fourth-order valence-electron chi connectivity index (χ4n) is 4.16. The number of aromatic amines is 2. The zero-order valence-electron chi connectivity index (χ0n) is 18.8. The second-order valence-electron chi connectivity index (χ2n) is 7.99. The van der Waals surface area contributed by atoms with Crippen LogP contribution in [0, 0.1) is 5.82 Å². The summed E-state index contributed by atoms with van der Waals surface area (Å²) >= 11 is 0. The van der Waals surface area contributed by atoms with Crippen LogP contribution in [0.1, 0.15) is 0 Å². The summed E-state index contributed by atoms with van der Waals surface area (Å²) in [6, 6.07) is 12.3. The molecular weight excluding hydrogens is 447 g/mol. The number of ether oxygens (including phenoxy) is 2. The van der Waals surface area contributed by atoms with Crippen LogP contribution in [-0.2, 0) is 0 Å². The molecule has 6 aromatic rings. The molecule has 8 nitrogen and oxygen atoms in total. The topological polar surface area (TPSA) is 102 Å². The number of halogens is 1. The molecule has 0 unspecified atom stereocenters. The monoisotopic (exact) mass is 466 g/mol. The number of hydrogen-bond acceptors (Lipinski definition) is 6. The minimum Gasteiger partial charge on any atom is -0.497 e. The van der Waals surface area contributed by atoms with Crippen molar-refractivity contribution in [2.24, 2.45) is 0 Å². The first-order chi connectivity index (χ1) is 17.1. The van der Waals surface area contributed by atoms with Crippen LogP contribution < -0.4 is 9.47 Å². The Balaban J connectivity index is 1.48. The van der Waals surface area contributed by atoms with Crippen LogP contribution in [0.4, 0.5) is 4.39 Å². The van der Waals surface area contributed by atoms with Crippen molar-refractivity contribution in [3.63, 3.8) is 0 Å². The van der Waals surface area contributed by atoms with Gasteiger partial charge < -0.3 is 14.5 Å². The number of benzene rings is 1. The van der Waals surface area contributed by atoms with Gasteiger partial charge in [0.25, 0.3) is 0 Å².